The van der Waals surface area contributed by atoms with Crippen molar-refractivity contribution in [2.45, 2.75) is 6.61 Å². The highest BCUT2D eigenvalue weighted by atomic mass is 19.1. The molecule has 2 heterocycles. The summed E-state index contributed by atoms with van der Waals surface area (Å²) in [6, 6.07) is 9.05. The molecule has 130 valence electrons. The van der Waals surface area contributed by atoms with E-state index >= 15 is 0 Å². The summed E-state index contributed by atoms with van der Waals surface area (Å²) in [6.07, 6.45) is 3.48. The Morgan fingerprint density at radius 2 is 1.85 bits per heavy atom. The summed E-state index contributed by atoms with van der Waals surface area (Å²) >= 11 is 0. The molecule has 0 unspecified atom stereocenters. The summed E-state index contributed by atoms with van der Waals surface area (Å²) in [4.78, 5) is 2.82. The van der Waals surface area contributed by atoms with Gasteiger partial charge in [0, 0.05) is 10.9 Å². The van der Waals surface area contributed by atoms with E-state index in [4.69, 9.17) is 5.11 Å². The fourth-order valence-electron chi connectivity index (χ4n) is 2.61. The smallest absolute Gasteiger partial charge is 0.161 e. The standard InChI is InChI=1S/C18H13F2N5O/c19-12-4-1-10(2-5-12)3-6-15-13-7-11(8-14(20)17(13)24-22-15)18-21-16(9-26)23-25-18/h1-8,26H,9H2,(H,22,24)(H,21,23,25). The van der Waals surface area contributed by atoms with Gasteiger partial charge in [0.15, 0.2) is 11.6 Å². The Hall–Kier alpha value is -3.39. The zero-order chi connectivity index (χ0) is 18.1. The lowest BCUT2D eigenvalue weighted by Crippen LogP contribution is -1.87. The number of aromatic amines is 2. The lowest BCUT2D eigenvalue weighted by molar-refractivity contribution is 0.272. The number of rotatable bonds is 4. The lowest BCUT2D eigenvalue weighted by Gasteiger charge is -1.99. The molecule has 0 aliphatic heterocycles. The predicted molar refractivity (Wildman–Crippen MR) is 92.7 cm³/mol. The molecule has 4 rings (SSSR count). The summed E-state index contributed by atoms with van der Waals surface area (Å²) in [5.74, 6) is -0.143. The van der Waals surface area contributed by atoms with E-state index < -0.39 is 5.82 Å². The maximum Gasteiger partial charge on any atom is 0.161 e. The first-order valence-corrected chi connectivity index (χ1v) is 7.78. The highest BCUT2D eigenvalue weighted by molar-refractivity contribution is 5.92. The molecule has 0 atom stereocenters. The molecular weight excluding hydrogens is 340 g/mol. The van der Waals surface area contributed by atoms with Crippen LogP contribution in [0.15, 0.2) is 36.4 Å². The van der Waals surface area contributed by atoms with Gasteiger partial charge in [-0.15, -0.1) is 10.2 Å². The van der Waals surface area contributed by atoms with E-state index in [-0.39, 0.29) is 17.9 Å². The summed E-state index contributed by atoms with van der Waals surface area (Å²) in [5, 5.41) is 24.1. The van der Waals surface area contributed by atoms with Crippen LogP contribution in [-0.4, -0.2) is 30.5 Å². The molecule has 0 aliphatic carbocycles. The molecule has 0 amide bonds. The number of hydrogen-bond acceptors (Lipinski definition) is 4. The molecular formula is C18H13F2N5O. The third kappa shape index (κ3) is 2.98. The minimum absolute atomic E-state index is 0.273. The molecule has 3 N–H and O–H groups in total. The van der Waals surface area contributed by atoms with Gasteiger partial charge in [-0.1, -0.05) is 18.2 Å². The average molecular weight is 353 g/mol. The number of aliphatic hydroxyl groups is 1. The van der Waals surface area contributed by atoms with E-state index in [1.165, 1.54) is 18.2 Å². The van der Waals surface area contributed by atoms with Gasteiger partial charge in [0.25, 0.3) is 0 Å². The van der Waals surface area contributed by atoms with Gasteiger partial charge in [0.1, 0.15) is 23.8 Å². The highest BCUT2D eigenvalue weighted by Crippen LogP contribution is 2.27. The zero-order valence-corrected chi connectivity index (χ0v) is 13.4. The lowest BCUT2D eigenvalue weighted by atomic mass is 10.1. The topological polar surface area (TPSA) is 90.5 Å². The van der Waals surface area contributed by atoms with Gasteiger partial charge in [0.05, 0.1) is 5.69 Å². The average Bonchev–Trinajstić information content (AvgIpc) is 3.28. The van der Waals surface area contributed by atoms with Crippen molar-refractivity contribution in [3.63, 3.8) is 0 Å². The maximum absolute atomic E-state index is 14.4. The van der Waals surface area contributed by atoms with Gasteiger partial charge < -0.3 is 10.1 Å². The fourth-order valence-corrected chi connectivity index (χ4v) is 2.61. The van der Waals surface area contributed by atoms with Crippen LogP contribution >= 0.6 is 0 Å². The van der Waals surface area contributed by atoms with Crippen LogP contribution in [0.4, 0.5) is 8.78 Å². The second kappa shape index (κ2) is 6.49. The van der Waals surface area contributed by atoms with Crippen LogP contribution in [0.2, 0.25) is 0 Å². The van der Waals surface area contributed by atoms with E-state index in [2.05, 4.69) is 25.4 Å². The van der Waals surface area contributed by atoms with Crippen molar-refractivity contribution in [3.8, 4) is 11.4 Å². The van der Waals surface area contributed by atoms with Crippen LogP contribution in [0.5, 0.6) is 0 Å². The van der Waals surface area contributed by atoms with Crippen molar-refractivity contribution in [1.82, 2.24) is 25.4 Å². The van der Waals surface area contributed by atoms with Gasteiger partial charge in [-0.05, 0) is 35.9 Å². The van der Waals surface area contributed by atoms with Crippen molar-refractivity contribution in [3.05, 3.63) is 65.1 Å². The normalized spacial score (nSPS) is 11.7. The van der Waals surface area contributed by atoms with Gasteiger partial charge in [-0.3, -0.25) is 5.10 Å². The number of hydrogen-bond donors (Lipinski definition) is 3. The van der Waals surface area contributed by atoms with Crippen LogP contribution in [0, 0.1) is 11.6 Å². The molecule has 2 aromatic heterocycles. The molecule has 0 spiro atoms. The van der Waals surface area contributed by atoms with Crippen molar-refractivity contribution in [2.75, 3.05) is 0 Å². The highest BCUT2D eigenvalue weighted by Gasteiger charge is 2.13. The second-order valence-electron chi connectivity index (χ2n) is 5.65. The minimum atomic E-state index is -0.478. The van der Waals surface area contributed by atoms with Crippen LogP contribution in [0.1, 0.15) is 17.1 Å². The largest absolute Gasteiger partial charge is 0.388 e. The summed E-state index contributed by atoms with van der Waals surface area (Å²) < 4.78 is 27.4. The Balaban J connectivity index is 1.75. The second-order valence-corrected chi connectivity index (χ2v) is 5.65. The molecule has 0 saturated carbocycles. The molecule has 0 radical (unpaired) electrons. The zero-order valence-electron chi connectivity index (χ0n) is 13.4. The first-order valence-electron chi connectivity index (χ1n) is 7.78. The van der Waals surface area contributed by atoms with Gasteiger partial charge >= 0.3 is 0 Å². The van der Waals surface area contributed by atoms with E-state index in [1.807, 2.05) is 0 Å². The van der Waals surface area contributed by atoms with Crippen LogP contribution in [0.25, 0.3) is 34.4 Å². The number of halogens is 2. The molecule has 4 aromatic rings. The van der Waals surface area contributed by atoms with E-state index in [0.29, 0.717) is 28.3 Å². The first-order chi connectivity index (χ1) is 12.6. The number of nitrogens with one attached hydrogen (secondary N) is 2. The van der Waals surface area contributed by atoms with Crippen molar-refractivity contribution in [2.24, 2.45) is 0 Å². The molecule has 8 heteroatoms. The number of aliphatic hydroxyl groups excluding tert-OH is 1. The number of aromatic nitrogens is 5. The maximum atomic E-state index is 14.4. The Morgan fingerprint density at radius 3 is 2.58 bits per heavy atom. The minimum Gasteiger partial charge on any atom is -0.388 e. The number of H-pyrrole nitrogens is 2. The van der Waals surface area contributed by atoms with Gasteiger partial charge in [-0.25, -0.2) is 8.78 Å². The van der Waals surface area contributed by atoms with Crippen LogP contribution in [-0.2, 0) is 6.61 Å². The van der Waals surface area contributed by atoms with E-state index in [0.717, 1.165) is 5.56 Å². The molecule has 0 aliphatic rings. The Labute approximate surface area is 146 Å². The Kier molecular flexibility index (Phi) is 4.02. The Morgan fingerprint density at radius 1 is 1.04 bits per heavy atom. The van der Waals surface area contributed by atoms with Crippen molar-refractivity contribution in [1.29, 1.82) is 0 Å². The number of fused-ring (bicyclic) bond motifs is 1. The SMILES string of the molecule is OCc1nnc(-c2cc(F)c3[nH]nc(C=Cc4ccc(F)cc4)c3c2)[nH]1. The third-order valence-electron chi connectivity index (χ3n) is 3.91. The molecule has 26 heavy (non-hydrogen) atoms. The van der Waals surface area contributed by atoms with E-state index in [1.54, 1.807) is 30.4 Å². The Bertz CT molecular complexity index is 1100. The number of nitrogens with zero attached hydrogens (tertiary/aromatic N) is 3. The molecule has 0 fully saturated rings. The van der Waals surface area contributed by atoms with Gasteiger partial charge in [-0.2, -0.15) is 5.10 Å². The summed E-state index contributed by atoms with van der Waals surface area (Å²) in [5.41, 5.74) is 2.09. The molecule has 0 saturated heterocycles. The predicted octanol–water partition coefficient (Wildman–Crippen LogP) is 3.29. The first kappa shape index (κ1) is 16.1. The number of benzene rings is 2. The van der Waals surface area contributed by atoms with Crippen molar-refractivity contribution < 1.29 is 13.9 Å². The fraction of sp³-hybridized carbons (Fsp3) is 0.0556. The monoisotopic (exact) mass is 353 g/mol. The third-order valence-corrected chi connectivity index (χ3v) is 3.91. The quantitative estimate of drug-likeness (QED) is 0.525. The summed E-state index contributed by atoms with van der Waals surface area (Å²) in [6.45, 7) is -0.283. The van der Waals surface area contributed by atoms with Crippen LogP contribution < -0.4 is 0 Å². The molecule has 2 aromatic carbocycles. The molecule has 6 nitrogen and oxygen atoms in total. The molecule has 0 bridgehead atoms. The van der Waals surface area contributed by atoms with Crippen molar-refractivity contribution >= 4 is 23.1 Å². The van der Waals surface area contributed by atoms with Gasteiger partial charge in [0.2, 0.25) is 0 Å². The van der Waals surface area contributed by atoms with Crippen LogP contribution in [0.3, 0.4) is 0 Å². The summed E-state index contributed by atoms with van der Waals surface area (Å²) in [7, 11) is 0. The van der Waals surface area contributed by atoms with E-state index in [9.17, 15) is 8.78 Å².